The second kappa shape index (κ2) is 8.77. The summed E-state index contributed by atoms with van der Waals surface area (Å²) in [5.74, 6) is 0.408. The third-order valence-corrected chi connectivity index (χ3v) is 3.35. The molecule has 0 saturated heterocycles. The summed E-state index contributed by atoms with van der Waals surface area (Å²) in [7, 11) is 0. The molecule has 2 rings (SSSR count). The van der Waals surface area contributed by atoms with Crippen molar-refractivity contribution in [3.63, 3.8) is 0 Å². The van der Waals surface area contributed by atoms with Crippen LogP contribution in [0.3, 0.4) is 0 Å². The van der Waals surface area contributed by atoms with Gasteiger partial charge in [-0.05, 0) is 18.4 Å². The first-order valence-corrected chi connectivity index (χ1v) is 7.54. The van der Waals surface area contributed by atoms with Gasteiger partial charge in [0, 0.05) is 25.6 Å². The molecule has 1 fully saturated rings. The van der Waals surface area contributed by atoms with Gasteiger partial charge in [0.05, 0.1) is 19.3 Å². The molecular weight excluding hydrogens is 268 g/mol. The maximum absolute atomic E-state index is 11.4. The maximum Gasteiger partial charge on any atom is 0.223 e. The first-order valence-electron chi connectivity index (χ1n) is 7.54. The Morgan fingerprint density at radius 1 is 1.29 bits per heavy atom. The number of aliphatic hydroxyl groups is 1. The number of nitrogens with one attached hydrogen (secondary N) is 2. The molecule has 1 aromatic carbocycles. The van der Waals surface area contributed by atoms with Crippen LogP contribution in [-0.2, 0) is 16.1 Å². The summed E-state index contributed by atoms with van der Waals surface area (Å²) in [6.45, 7) is 2.54. The fourth-order valence-corrected chi connectivity index (χ4v) is 1.98. The van der Waals surface area contributed by atoms with Gasteiger partial charge in [0.2, 0.25) is 5.91 Å². The standard InChI is InChI=1S/C16H24N2O3/c19-15(12-21-11-13-4-2-1-3-5-13)10-17-8-9-18-16(20)14-6-7-14/h1-5,14-15,17,19H,6-12H2,(H,18,20). The number of benzene rings is 1. The first kappa shape index (κ1) is 15.9. The fraction of sp³-hybridized carbons (Fsp3) is 0.562. The van der Waals surface area contributed by atoms with Gasteiger partial charge in [-0.1, -0.05) is 30.3 Å². The highest BCUT2D eigenvalue weighted by Crippen LogP contribution is 2.28. The Morgan fingerprint density at radius 2 is 2.05 bits per heavy atom. The normalized spacial score (nSPS) is 15.7. The number of carbonyl (C=O) groups excluding carboxylic acids is 1. The molecule has 0 aliphatic heterocycles. The van der Waals surface area contributed by atoms with E-state index in [0.29, 0.717) is 32.8 Å². The van der Waals surface area contributed by atoms with E-state index in [9.17, 15) is 9.90 Å². The molecule has 0 heterocycles. The van der Waals surface area contributed by atoms with Crippen LogP contribution in [0.15, 0.2) is 30.3 Å². The number of ether oxygens (including phenoxy) is 1. The summed E-state index contributed by atoms with van der Waals surface area (Å²) >= 11 is 0. The smallest absolute Gasteiger partial charge is 0.223 e. The Labute approximate surface area is 125 Å². The molecule has 0 aromatic heterocycles. The lowest BCUT2D eigenvalue weighted by molar-refractivity contribution is -0.122. The zero-order valence-corrected chi connectivity index (χ0v) is 12.3. The van der Waals surface area contributed by atoms with Crippen molar-refractivity contribution in [3.8, 4) is 0 Å². The molecule has 1 aliphatic rings. The van der Waals surface area contributed by atoms with Crippen LogP contribution in [0.25, 0.3) is 0 Å². The summed E-state index contributed by atoms with van der Waals surface area (Å²) in [5.41, 5.74) is 1.10. The van der Waals surface area contributed by atoms with Gasteiger partial charge in [0.15, 0.2) is 0 Å². The molecular formula is C16H24N2O3. The van der Waals surface area contributed by atoms with Gasteiger partial charge < -0.3 is 20.5 Å². The molecule has 116 valence electrons. The minimum Gasteiger partial charge on any atom is -0.389 e. The number of rotatable bonds is 10. The number of hydrogen-bond donors (Lipinski definition) is 3. The second-order valence-electron chi connectivity index (χ2n) is 5.42. The van der Waals surface area contributed by atoms with E-state index in [2.05, 4.69) is 10.6 Å². The molecule has 0 bridgehead atoms. The summed E-state index contributed by atoms with van der Waals surface area (Å²) in [4.78, 5) is 11.4. The monoisotopic (exact) mass is 292 g/mol. The van der Waals surface area contributed by atoms with Crippen molar-refractivity contribution in [1.82, 2.24) is 10.6 Å². The van der Waals surface area contributed by atoms with E-state index in [0.717, 1.165) is 18.4 Å². The Kier molecular flexibility index (Phi) is 6.66. The molecule has 5 nitrogen and oxygen atoms in total. The summed E-state index contributed by atoms with van der Waals surface area (Å²) < 4.78 is 5.46. The van der Waals surface area contributed by atoms with Crippen LogP contribution in [0.1, 0.15) is 18.4 Å². The van der Waals surface area contributed by atoms with Crippen LogP contribution in [0.4, 0.5) is 0 Å². The van der Waals surface area contributed by atoms with Crippen LogP contribution < -0.4 is 10.6 Å². The number of amides is 1. The Bertz CT molecular complexity index is 421. The average Bonchev–Trinajstić information content (AvgIpc) is 3.32. The van der Waals surface area contributed by atoms with Crippen LogP contribution in [0, 0.1) is 5.92 Å². The zero-order valence-electron chi connectivity index (χ0n) is 12.3. The number of aliphatic hydroxyl groups excluding tert-OH is 1. The zero-order chi connectivity index (χ0) is 14.9. The minimum absolute atomic E-state index is 0.156. The predicted octanol–water partition coefficient (Wildman–Crippen LogP) is 0.680. The van der Waals surface area contributed by atoms with E-state index in [1.807, 2.05) is 30.3 Å². The van der Waals surface area contributed by atoms with E-state index >= 15 is 0 Å². The summed E-state index contributed by atoms with van der Waals surface area (Å²) in [6.07, 6.45) is 1.51. The van der Waals surface area contributed by atoms with Gasteiger partial charge in [-0.2, -0.15) is 0 Å². The van der Waals surface area contributed by atoms with Gasteiger partial charge in [0.1, 0.15) is 0 Å². The van der Waals surface area contributed by atoms with Gasteiger partial charge in [-0.15, -0.1) is 0 Å². The van der Waals surface area contributed by atoms with Crippen molar-refractivity contribution in [2.75, 3.05) is 26.2 Å². The van der Waals surface area contributed by atoms with Crippen molar-refractivity contribution in [2.24, 2.45) is 5.92 Å². The van der Waals surface area contributed by atoms with Crippen LogP contribution in [0.5, 0.6) is 0 Å². The third kappa shape index (κ3) is 6.71. The first-order chi connectivity index (χ1) is 10.3. The lowest BCUT2D eigenvalue weighted by Crippen LogP contribution is -2.37. The van der Waals surface area contributed by atoms with E-state index in [1.54, 1.807) is 0 Å². The molecule has 1 saturated carbocycles. The van der Waals surface area contributed by atoms with E-state index in [4.69, 9.17) is 4.74 Å². The Balaban J connectivity index is 1.44. The lowest BCUT2D eigenvalue weighted by atomic mass is 10.2. The average molecular weight is 292 g/mol. The molecule has 1 aliphatic carbocycles. The highest BCUT2D eigenvalue weighted by atomic mass is 16.5. The van der Waals surface area contributed by atoms with Crippen LogP contribution in [0.2, 0.25) is 0 Å². The van der Waals surface area contributed by atoms with Crippen LogP contribution >= 0.6 is 0 Å². The molecule has 3 N–H and O–H groups in total. The quantitative estimate of drug-likeness (QED) is 0.555. The van der Waals surface area contributed by atoms with Crippen molar-refractivity contribution in [2.45, 2.75) is 25.6 Å². The predicted molar refractivity (Wildman–Crippen MR) is 80.7 cm³/mol. The van der Waals surface area contributed by atoms with Gasteiger partial charge >= 0.3 is 0 Å². The molecule has 21 heavy (non-hydrogen) atoms. The minimum atomic E-state index is -0.534. The summed E-state index contributed by atoms with van der Waals surface area (Å²) in [5, 5.41) is 15.7. The largest absolute Gasteiger partial charge is 0.389 e. The lowest BCUT2D eigenvalue weighted by Gasteiger charge is -2.12. The highest BCUT2D eigenvalue weighted by molar-refractivity contribution is 5.80. The number of hydrogen-bond acceptors (Lipinski definition) is 4. The fourth-order valence-electron chi connectivity index (χ4n) is 1.98. The molecule has 1 unspecified atom stereocenters. The van der Waals surface area contributed by atoms with E-state index in [1.165, 1.54) is 0 Å². The maximum atomic E-state index is 11.4. The van der Waals surface area contributed by atoms with Crippen molar-refractivity contribution < 1.29 is 14.6 Å². The van der Waals surface area contributed by atoms with E-state index < -0.39 is 6.10 Å². The second-order valence-corrected chi connectivity index (χ2v) is 5.42. The molecule has 5 heteroatoms. The Morgan fingerprint density at radius 3 is 2.76 bits per heavy atom. The van der Waals surface area contributed by atoms with Gasteiger partial charge in [0.25, 0.3) is 0 Å². The molecule has 1 aromatic rings. The topological polar surface area (TPSA) is 70.6 Å². The van der Waals surface area contributed by atoms with E-state index in [-0.39, 0.29) is 11.8 Å². The van der Waals surface area contributed by atoms with Crippen molar-refractivity contribution in [3.05, 3.63) is 35.9 Å². The third-order valence-electron chi connectivity index (χ3n) is 3.35. The van der Waals surface area contributed by atoms with Gasteiger partial charge in [-0.3, -0.25) is 4.79 Å². The number of carbonyl (C=O) groups is 1. The summed E-state index contributed by atoms with van der Waals surface area (Å²) in [6, 6.07) is 9.88. The Hall–Kier alpha value is -1.43. The SMILES string of the molecule is O=C(NCCNCC(O)COCc1ccccc1)C1CC1. The molecule has 1 atom stereocenters. The van der Waals surface area contributed by atoms with Crippen LogP contribution in [-0.4, -0.2) is 43.4 Å². The molecule has 1 amide bonds. The van der Waals surface area contributed by atoms with Crippen molar-refractivity contribution in [1.29, 1.82) is 0 Å². The molecule has 0 radical (unpaired) electrons. The van der Waals surface area contributed by atoms with Gasteiger partial charge in [-0.25, -0.2) is 0 Å². The van der Waals surface area contributed by atoms with Crippen molar-refractivity contribution >= 4 is 5.91 Å². The highest BCUT2D eigenvalue weighted by Gasteiger charge is 2.28. The molecule has 0 spiro atoms.